The first-order valence-corrected chi connectivity index (χ1v) is 9.30. The third kappa shape index (κ3) is 3.61. The van der Waals surface area contributed by atoms with Gasteiger partial charge in [0, 0.05) is 6.42 Å². The second-order valence-electron chi connectivity index (χ2n) is 5.72. The summed E-state index contributed by atoms with van der Waals surface area (Å²) in [7, 11) is -2.85. The van der Waals surface area contributed by atoms with Gasteiger partial charge in [0.15, 0.2) is 0 Å². The van der Waals surface area contributed by atoms with Crippen LogP contribution in [0.1, 0.15) is 6.42 Å². The molecule has 136 valence electrons. The fourth-order valence-electron chi connectivity index (χ4n) is 2.70. The van der Waals surface area contributed by atoms with Gasteiger partial charge < -0.3 is 9.47 Å². The first-order valence-electron chi connectivity index (χ1n) is 7.86. The lowest BCUT2D eigenvalue weighted by molar-refractivity contribution is -0.144. The first-order chi connectivity index (χ1) is 12.4. The van der Waals surface area contributed by atoms with Gasteiger partial charge in [-0.25, -0.2) is 8.42 Å². The number of ether oxygens (including phenoxy) is 2. The molecule has 1 fully saturated rings. The zero-order valence-corrected chi connectivity index (χ0v) is 14.8. The number of nitrogens with zero attached hydrogens (tertiary/aromatic N) is 1. The molecule has 0 unspecified atom stereocenters. The molecule has 0 radical (unpaired) electrons. The maximum atomic E-state index is 12.8. The molecule has 3 rings (SSSR count). The number of hydrogen-bond donors (Lipinski definition) is 0. The van der Waals surface area contributed by atoms with Crippen LogP contribution in [0.2, 0.25) is 0 Å². The number of carbonyl (C=O) groups excluding carboxylic acids is 2. The van der Waals surface area contributed by atoms with Gasteiger partial charge in [0.25, 0.3) is 0 Å². The quantitative estimate of drug-likeness (QED) is 0.743. The molecule has 0 amide bonds. The number of sulfonamides is 1. The van der Waals surface area contributed by atoms with Gasteiger partial charge in [-0.1, -0.05) is 18.2 Å². The number of methoxy groups -OCH3 is 1. The van der Waals surface area contributed by atoms with E-state index in [2.05, 4.69) is 4.74 Å². The highest BCUT2D eigenvalue weighted by Gasteiger charge is 2.44. The Hall–Kier alpha value is -2.71. The predicted molar refractivity (Wildman–Crippen MR) is 92.3 cm³/mol. The minimum absolute atomic E-state index is 0.0264. The summed E-state index contributed by atoms with van der Waals surface area (Å²) >= 11 is 0. The van der Waals surface area contributed by atoms with E-state index in [-0.39, 0.29) is 23.6 Å². The molecule has 1 atom stereocenters. The van der Waals surface area contributed by atoms with Crippen LogP contribution < -0.4 is 4.74 Å². The highest BCUT2D eigenvalue weighted by molar-refractivity contribution is 7.89. The van der Waals surface area contributed by atoms with E-state index in [1.165, 1.54) is 24.3 Å². The SMILES string of the molecule is COC(=O)[C@H]1CC(=O)CN1S(=O)(=O)c1ccc(Oc2ccccc2)cc1. The molecule has 7 nitrogen and oxygen atoms in total. The molecule has 0 bridgehead atoms. The van der Waals surface area contributed by atoms with Crippen LogP contribution in [0.5, 0.6) is 11.5 Å². The standard InChI is InChI=1S/C18H17NO6S/c1-24-18(21)17-11-13(20)12-19(17)26(22,23)16-9-7-15(8-10-16)25-14-5-3-2-4-6-14/h2-10,17H,11-12H2,1H3/t17-/m1/s1. The monoisotopic (exact) mass is 375 g/mol. The van der Waals surface area contributed by atoms with Crippen molar-refractivity contribution in [3.05, 3.63) is 54.6 Å². The molecule has 1 saturated heterocycles. The molecule has 8 heteroatoms. The lowest BCUT2D eigenvalue weighted by atomic mass is 10.2. The van der Waals surface area contributed by atoms with Gasteiger partial charge in [-0.05, 0) is 36.4 Å². The van der Waals surface area contributed by atoms with Crippen LogP contribution in [0, 0.1) is 0 Å². The fraction of sp³-hybridized carbons (Fsp3) is 0.222. The number of rotatable bonds is 5. The summed E-state index contributed by atoms with van der Waals surface area (Å²) in [6.45, 7) is -0.343. The van der Waals surface area contributed by atoms with Crippen molar-refractivity contribution in [1.82, 2.24) is 4.31 Å². The van der Waals surface area contributed by atoms with Crippen LogP contribution in [0.4, 0.5) is 0 Å². The molecular formula is C18H17NO6S. The van der Waals surface area contributed by atoms with E-state index in [9.17, 15) is 18.0 Å². The van der Waals surface area contributed by atoms with E-state index in [1.54, 1.807) is 12.1 Å². The fourth-order valence-corrected chi connectivity index (χ4v) is 4.26. The third-order valence-electron chi connectivity index (χ3n) is 3.98. The molecule has 1 aliphatic rings. The Balaban J connectivity index is 1.83. The molecule has 1 heterocycles. The Morgan fingerprint density at radius 3 is 2.27 bits per heavy atom. The van der Waals surface area contributed by atoms with Crippen LogP contribution >= 0.6 is 0 Å². The Labute approximate surface area is 151 Å². The van der Waals surface area contributed by atoms with Crippen molar-refractivity contribution < 1.29 is 27.5 Å². The number of esters is 1. The minimum Gasteiger partial charge on any atom is -0.468 e. The Kier molecular flexibility index (Phi) is 5.06. The van der Waals surface area contributed by atoms with Crippen molar-refractivity contribution in [1.29, 1.82) is 0 Å². The maximum absolute atomic E-state index is 12.8. The number of para-hydroxylation sites is 1. The van der Waals surface area contributed by atoms with E-state index in [0.717, 1.165) is 11.4 Å². The molecule has 0 saturated carbocycles. The van der Waals surface area contributed by atoms with E-state index in [1.807, 2.05) is 18.2 Å². The summed E-state index contributed by atoms with van der Waals surface area (Å²) in [6, 6.07) is 13.7. The van der Waals surface area contributed by atoms with Gasteiger partial charge >= 0.3 is 5.97 Å². The van der Waals surface area contributed by atoms with Crippen LogP contribution in [0.25, 0.3) is 0 Å². The van der Waals surface area contributed by atoms with Crippen LogP contribution in [-0.4, -0.2) is 44.2 Å². The molecule has 0 aliphatic carbocycles. The molecule has 26 heavy (non-hydrogen) atoms. The van der Waals surface area contributed by atoms with Gasteiger partial charge in [0.05, 0.1) is 18.6 Å². The van der Waals surface area contributed by atoms with Gasteiger partial charge in [0.2, 0.25) is 10.0 Å². The third-order valence-corrected chi connectivity index (χ3v) is 5.85. The number of Topliss-reactive ketones (excluding diaryl/α,β-unsaturated/α-hetero) is 1. The maximum Gasteiger partial charge on any atom is 0.324 e. The van der Waals surface area contributed by atoms with Crippen molar-refractivity contribution in [2.75, 3.05) is 13.7 Å². The summed E-state index contributed by atoms with van der Waals surface area (Å²) in [6.07, 6.45) is -0.179. The summed E-state index contributed by atoms with van der Waals surface area (Å²) in [4.78, 5) is 23.5. The smallest absolute Gasteiger partial charge is 0.324 e. The van der Waals surface area contributed by atoms with Crippen LogP contribution in [-0.2, 0) is 24.3 Å². The second kappa shape index (κ2) is 7.27. The summed E-state index contributed by atoms with van der Waals surface area (Å²) in [5, 5.41) is 0. The zero-order valence-electron chi connectivity index (χ0n) is 14.0. The van der Waals surface area contributed by atoms with E-state index in [0.29, 0.717) is 11.5 Å². The van der Waals surface area contributed by atoms with Crippen molar-refractivity contribution >= 4 is 21.8 Å². The van der Waals surface area contributed by atoms with E-state index >= 15 is 0 Å². The first kappa shape index (κ1) is 18.1. The topological polar surface area (TPSA) is 90.0 Å². The molecule has 0 spiro atoms. The number of benzene rings is 2. The molecule has 2 aromatic rings. The van der Waals surface area contributed by atoms with Crippen LogP contribution in [0.3, 0.4) is 0 Å². The van der Waals surface area contributed by atoms with E-state index < -0.39 is 22.0 Å². The van der Waals surface area contributed by atoms with Crippen molar-refractivity contribution in [2.24, 2.45) is 0 Å². The van der Waals surface area contributed by atoms with Crippen molar-refractivity contribution in [2.45, 2.75) is 17.4 Å². The molecule has 0 aromatic heterocycles. The molecule has 2 aromatic carbocycles. The predicted octanol–water partition coefficient (Wildman–Crippen LogP) is 1.98. The second-order valence-corrected chi connectivity index (χ2v) is 7.61. The lowest BCUT2D eigenvalue weighted by Crippen LogP contribution is -2.41. The normalized spacial score (nSPS) is 17.9. The average molecular weight is 375 g/mol. The van der Waals surface area contributed by atoms with Crippen LogP contribution in [0.15, 0.2) is 59.5 Å². The van der Waals surface area contributed by atoms with Crippen molar-refractivity contribution in [3.63, 3.8) is 0 Å². The average Bonchev–Trinajstić information content (AvgIpc) is 3.05. The number of carbonyl (C=O) groups is 2. The van der Waals surface area contributed by atoms with Crippen molar-refractivity contribution in [3.8, 4) is 11.5 Å². The Morgan fingerprint density at radius 1 is 1.04 bits per heavy atom. The summed E-state index contributed by atoms with van der Waals surface area (Å²) in [5.41, 5.74) is 0. The van der Waals surface area contributed by atoms with Gasteiger partial charge in [-0.15, -0.1) is 0 Å². The van der Waals surface area contributed by atoms with E-state index in [4.69, 9.17) is 4.74 Å². The molecule has 0 N–H and O–H groups in total. The molecular weight excluding hydrogens is 358 g/mol. The summed E-state index contributed by atoms with van der Waals surface area (Å²) < 4.78 is 36.7. The highest BCUT2D eigenvalue weighted by Crippen LogP contribution is 2.28. The van der Waals surface area contributed by atoms with Gasteiger partial charge in [-0.3, -0.25) is 9.59 Å². The zero-order chi connectivity index (χ0) is 18.7. The Bertz CT molecular complexity index is 908. The van der Waals surface area contributed by atoms with Gasteiger partial charge in [0.1, 0.15) is 23.3 Å². The summed E-state index contributed by atoms with van der Waals surface area (Å²) in [5.74, 6) is 0.0210. The molecule has 1 aliphatic heterocycles. The number of ketones is 1. The largest absolute Gasteiger partial charge is 0.468 e. The minimum atomic E-state index is -4.01. The van der Waals surface area contributed by atoms with Gasteiger partial charge in [-0.2, -0.15) is 4.31 Å². The highest BCUT2D eigenvalue weighted by atomic mass is 32.2. The lowest BCUT2D eigenvalue weighted by Gasteiger charge is -2.21. The number of hydrogen-bond acceptors (Lipinski definition) is 6. The Morgan fingerprint density at radius 2 is 1.65 bits per heavy atom.